The molecule has 1 rings (SSSR count). The predicted octanol–water partition coefficient (Wildman–Crippen LogP) is 8.20. The Bertz CT molecular complexity index is 1170. The molecule has 0 aliphatic carbocycles. The molecule has 0 aromatic heterocycles. The van der Waals surface area contributed by atoms with E-state index in [1.165, 1.54) is 5.56 Å². The van der Waals surface area contributed by atoms with Crippen molar-refractivity contribution in [3.8, 4) is 0 Å². The molecule has 0 saturated carbocycles. The fourth-order valence-electron chi connectivity index (χ4n) is 4.45. The molecule has 0 aliphatic rings. The smallest absolute Gasteiger partial charge is 0.242 e. The normalized spacial score (nSPS) is 13.6. The predicted molar refractivity (Wildman–Crippen MR) is 194 cm³/mol. The number of hydrogen-bond acceptors (Lipinski definition) is 3. The maximum absolute atomic E-state index is 12.7. The van der Waals surface area contributed by atoms with Crippen LogP contribution >= 0.6 is 0 Å². The summed E-state index contributed by atoms with van der Waals surface area (Å²) in [6, 6.07) is 7.43. The number of amides is 3. The molecule has 252 valence electrons. The first-order valence-corrected chi connectivity index (χ1v) is 17.1. The zero-order valence-corrected chi connectivity index (χ0v) is 29.0. The highest BCUT2D eigenvalue weighted by molar-refractivity contribution is 5.90. The molecule has 0 saturated heterocycles. The zero-order chi connectivity index (χ0) is 33.8. The van der Waals surface area contributed by atoms with Gasteiger partial charge >= 0.3 is 0 Å². The second-order valence-electron chi connectivity index (χ2n) is 11.9. The van der Waals surface area contributed by atoms with Gasteiger partial charge in [-0.1, -0.05) is 118 Å². The topological polar surface area (TPSA) is 87.3 Å². The summed E-state index contributed by atoms with van der Waals surface area (Å²) in [4.78, 5) is 37.2. The summed E-state index contributed by atoms with van der Waals surface area (Å²) in [5.41, 5.74) is 2.17. The molecular formula is C40H59N3O3. The molecule has 0 radical (unpaired) electrons. The Morgan fingerprint density at radius 2 is 1.11 bits per heavy atom. The molecule has 1 aromatic carbocycles. The van der Waals surface area contributed by atoms with Gasteiger partial charge in [0.05, 0.1) is 5.92 Å². The molecular weight excluding hydrogens is 570 g/mol. The third-order valence-electron chi connectivity index (χ3n) is 7.15. The molecule has 0 bridgehead atoms. The van der Waals surface area contributed by atoms with Crippen LogP contribution < -0.4 is 16.0 Å². The third-order valence-corrected chi connectivity index (χ3v) is 7.15. The Morgan fingerprint density at radius 1 is 0.630 bits per heavy atom. The van der Waals surface area contributed by atoms with Crippen molar-refractivity contribution in [1.82, 2.24) is 16.0 Å². The Hall–Kier alpha value is -3.93. The minimum atomic E-state index is -0.668. The molecule has 3 amide bonds. The molecule has 6 heteroatoms. The zero-order valence-electron chi connectivity index (χ0n) is 29.0. The van der Waals surface area contributed by atoms with Crippen LogP contribution in [0.2, 0.25) is 0 Å². The van der Waals surface area contributed by atoms with Crippen LogP contribution in [0.25, 0.3) is 0 Å². The molecule has 1 unspecified atom stereocenters. The van der Waals surface area contributed by atoms with Crippen LogP contribution in [0.5, 0.6) is 0 Å². The number of nitrogens with one attached hydrogen (secondary N) is 3. The quantitative estimate of drug-likeness (QED) is 0.0842. The molecule has 46 heavy (non-hydrogen) atoms. The summed E-state index contributed by atoms with van der Waals surface area (Å²) < 4.78 is 0. The summed E-state index contributed by atoms with van der Waals surface area (Å²) in [5, 5.41) is 8.39. The first-order valence-electron chi connectivity index (χ1n) is 17.1. The molecule has 0 spiro atoms. The van der Waals surface area contributed by atoms with Gasteiger partial charge in [-0.05, 0) is 82.3 Å². The number of hydrogen-bond donors (Lipinski definition) is 3. The highest BCUT2D eigenvalue weighted by atomic mass is 16.2. The van der Waals surface area contributed by atoms with Gasteiger partial charge in [0.2, 0.25) is 17.7 Å². The van der Waals surface area contributed by atoms with Gasteiger partial charge < -0.3 is 16.0 Å². The minimum Gasteiger partial charge on any atom is -0.354 e. The van der Waals surface area contributed by atoms with E-state index in [9.17, 15) is 14.4 Å². The lowest BCUT2D eigenvalue weighted by Gasteiger charge is -2.18. The first-order chi connectivity index (χ1) is 22.2. The van der Waals surface area contributed by atoms with Gasteiger partial charge in [-0.15, -0.1) is 0 Å². The summed E-state index contributed by atoms with van der Waals surface area (Å²) in [5.74, 6) is -0.304. The Labute approximate surface area is 279 Å². The van der Waals surface area contributed by atoms with E-state index in [-0.39, 0.29) is 23.6 Å². The summed E-state index contributed by atoms with van der Waals surface area (Å²) in [6.07, 6.45) is 33.8. The Kier molecular flexibility index (Phi) is 22.9. The van der Waals surface area contributed by atoms with Gasteiger partial charge in [0, 0.05) is 19.5 Å². The van der Waals surface area contributed by atoms with E-state index in [0.29, 0.717) is 31.8 Å². The van der Waals surface area contributed by atoms with Crippen LogP contribution in [-0.4, -0.2) is 36.9 Å². The van der Waals surface area contributed by atoms with E-state index in [1.807, 2.05) is 25.1 Å². The maximum atomic E-state index is 12.7. The second kappa shape index (κ2) is 26.3. The van der Waals surface area contributed by atoms with Crippen molar-refractivity contribution in [2.75, 3.05) is 13.1 Å². The van der Waals surface area contributed by atoms with Crippen LogP contribution in [-0.2, 0) is 20.8 Å². The van der Waals surface area contributed by atoms with Crippen LogP contribution in [0.3, 0.4) is 0 Å². The molecule has 0 fully saturated rings. The van der Waals surface area contributed by atoms with Crippen molar-refractivity contribution in [2.24, 2.45) is 5.92 Å². The summed E-state index contributed by atoms with van der Waals surface area (Å²) in [6.45, 7) is 10.7. The lowest BCUT2D eigenvalue weighted by atomic mass is 9.96. The number of carbonyl (C=O) groups is 3. The van der Waals surface area contributed by atoms with Crippen molar-refractivity contribution < 1.29 is 14.4 Å². The average Bonchev–Trinajstić information content (AvgIpc) is 3.03. The molecule has 0 aliphatic heterocycles. The van der Waals surface area contributed by atoms with E-state index in [0.717, 1.165) is 50.5 Å². The first kappa shape index (κ1) is 40.1. The number of allylic oxidation sites excluding steroid dienone is 12. The Morgan fingerprint density at radius 3 is 1.61 bits per heavy atom. The van der Waals surface area contributed by atoms with Crippen molar-refractivity contribution in [1.29, 1.82) is 0 Å². The molecule has 3 N–H and O–H groups in total. The Balaban J connectivity index is 2.11. The van der Waals surface area contributed by atoms with E-state index in [1.54, 1.807) is 6.92 Å². The summed E-state index contributed by atoms with van der Waals surface area (Å²) in [7, 11) is 0. The highest BCUT2D eigenvalue weighted by Crippen LogP contribution is 2.18. The monoisotopic (exact) mass is 629 g/mol. The molecule has 2 atom stereocenters. The summed E-state index contributed by atoms with van der Waals surface area (Å²) >= 11 is 0. The van der Waals surface area contributed by atoms with Crippen LogP contribution in [0, 0.1) is 5.92 Å². The fourth-order valence-corrected chi connectivity index (χ4v) is 4.45. The van der Waals surface area contributed by atoms with Gasteiger partial charge in [-0.25, -0.2) is 0 Å². The molecule has 6 nitrogen and oxygen atoms in total. The number of benzene rings is 1. The van der Waals surface area contributed by atoms with Gasteiger partial charge in [-0.2, -0.15) is 0 Å². The van der Waals surface area contributed by atoms with Crippen molar-refractivity contribution >= 4 is 17.7 Å². The SMILES string of the molecule is CCC=CCC=CCC=CCC=CCC=CCC=CCCC(=O)NCCNC(=O)[C@H](C)NC(=O)C(C)c1ccc(CC(C)C)cc1. The van der Waals surface area contributed by atoms with E-state index < -0.39 is 6.04 Å². The van der Waals surface area contributed by atoms with Crippen LogP contribution in [0.1, 0.15) is 103 Å². The lowest BCUT2D eigenvalue weighted by Crippen LogP contribution is -2.47. The molecule has 1 aromatic rings. The van der Waals surface area contributed by atoms with Crippen molar-refractivity contribution in [3.63, 3.8) is 0 Å². The molecule has 0 heterocycles. The van der Waals surface area contributed by atoms with E-state index in [2.05, 4.69) is 116 Å². The number of carbonyl (C=O) groups excluding carboxylic acids is 3. The van der Waals surface area contributed by atoms with Gasteiger partial charge in [0.15, 0.2) is 0 Å². The fraction of sp³-hybridized carbons (Fsp3) is 0.475. The maximum Gasteiger partial charge on any atom is 0.242 e. The van der Waals surface area contributed by atoms with Gasteiger partial charge in [0.25, 0.3) is 0 Å². The largest absolute Gasteiger partial charge is 0.354 e. The van der Waals surface area contributed by atoms with Gasteiger partial charge in [-0.3, -0.25) is 14.4 Å². The third kappa shape index (κ3) is 20.9. The van der Waals surface area contributed by atoms with Gasteiger partial charge in [0.1, 0.15) is 6.04 Å². The second-order valence-corrected chi connectivity index (χ2v) is 11.9. The van der Waals surface area contributed by atoms with Crippen LogP contribution in [0.4, 0.5) is 0 Å². The van der Waals surface area contributed by atoms with E-state index >= 15 is 0 Å². The average molecular weight is 630 g/mol. The minimum absolute atomic E-state index is 0.0524. The van der Waals surface area contributed by atoms with Crippen molar-refractivity contribution in [3.05, 3.63) is 108 Å². The van der Waals surface area contributed by atoms with Crippen molar-refractivity contribution in [2.45, 2.75) is 104 Å². The highest BCUT2D eigenvalue weighted by Gasteiger charge is 2.20. The van der Waals surface area contributed by atoms with Crippen LogP contribution in [0.15, 0.2) is 97.2 Å². The lowest BCUT2D eigenvalue weighted by molar-refractivity contribution is -0.129. The van der Waals surface area contributed by atoms with E-state index in [4.69, 9.17) is 0 Å². The number of rotatable bonds is 23. The standard InChI is InChI=1S/C40H59N3O3/c1-6-7-8-9-10-11-12-13-14-15-16-17-18-19-20-21-22-23-24-25-38(44)41-30-31-42-40(46)35(5)43-39(45)34(4)37-28-26-36(27-29-37)32-33(2)3/h7-8,10-11,13-14,16-17,19-20,22-23,26-29,33-35H,6,9,12,15,18,21,24-25,30-32H2,1-5H3,(H,41,44)(H,42,46)(H,43,45)/t34?,35-/m0/s1.